The Kier molecular flexibility index (Phi) is 6.76. The van der Waals surface area contributed by atoms with Gasteiger partial charge in [0.05, 0.1) is 5.56 Å². The molecule has 7 heteroatoms. The topological polar surface area (TPSA) is 79.2 Å². The number of benzene rings is 1. The highest BCUT2D eigenvalue weighted by Crippen LogP contribution is 2.39. The third-order valence-corrected chi connectivity index (χ3v) is 6.87. The fourth-order valence-corrected chi connectivity index (χ4v) is 5.39. The van der Waals surface area contributed by atoms with Gasteiger partial charge in [0.15, 0.2) is 6.61 Å². The summed E-state index contributed by atoms with van der Waals surface area (Å²) in [5, 5.41) is 12.4. The Labute approximate surface area is 173 Å². The maximum absolute atomic E-state index is 12.2. The van der Waals surface area contributed by atoms with Crippen LogP contribution in [-0.4, -0.2) is 23.7 Å². The van der Waals surface area contributed by atoms with E-state index in [-0.39, 0.29) is 6.61 Å². The molecule has 0 saturated heterocycles. The number of thiophene rings is 1. The third kappa shape index (κ3) is 4.94. The number of nitrogens with zero attached hydrogens (tertiary/aromatic N) is 1. The summed E-state index contributed by atoms with van der Waals surface area (Å²) in [7, 11) is 0. The smallest absolute Gasteiger partial charge is 0.319 e. The molecular weight excluding hydrogens is 392 g/mol. The summed E-state index contributed by atoms with van der Waals surface area (Å²) in [6, 6.07) is 11.8. The van der Waals surface area contributed by atoms with Gasteiger partial charge >= 0.3 is 5.97 Å². The predicted octanol–water partition coefficient (Wildman–Crippen LogP) is 4.41. The molecule has 1 aromatic carbocycles. The molecule has 1 heterocycles. The van der Waals surface area contributed by atoms with Crippen LogP contribution < -0.4 is 5.32 Å². The standard InChI is InChI=1S/C21H22N2O3S2/c1-13-8-9-16-17(11-22)20(28-18(16)10-13)23-19(24)12-26-21(25)14(2)27-15-6-4-3-5-7-15/h3-7,13-14H,8-10,12H2,1-2H3,(H,23,24)/t13-,14-/m0/s1. The molecule has 3 rings (SSSR count). The molecule has 0 radical (unpaired) electrons. The summed E-state index contributed by atoms with van der Waals surface area (Å²) in [5.74, 6) is -0.275. The Hall–Kier alpha value is -2.30. The molecule has 1 aromatic heterocycles. The Morgan fingerprint density at radius 2 is 2.14 bits per heavy atom. The molecule has 0 saturated carbocycles. The Bertz CT molecular complexity index is 902. The zero-order chi connectivity index (χ0) is 20.1. The van der Waals surface area contributed by atoms with Gasteiger partial charge in [-0.3, -0.25) is 9.59 Å². The minimum atomic E-state index is -0.441. The summed E-state index contributed by atoms with van der Waals surface area (Å²) in [6.07, 6.45) is 2.86. The van der Waals surface area contributed by atoms with Crippen molar-refractivity contribution in [2.24, 2.45) is 5.92 Å². The molecule has 146 valence electrons. The fourth-order valence-electron chi connectivity index (χ4n) is 3.13. The average molecular weight is 415 g/mol. The average Bonchev–Trinajstić information content (AvgIpc) is 3.02. The second-order valence-electron chi connectivity index (χ2n) is 6.90. The fraction of sp³-hybridized carbons (Fsp3) is 0.381. The number of hydrogen-bond donors (Lipinski definition) is 1. The molecule has 1 aliphatic carbocycles. The molecular formula is C21H22N2O3S2. The van der Waals surface area contributed by atoms with Crippen LogP contribution >= 0.6 is 23.1 Å². The Morgan fingerprint density at radius 3 is 2.86 bits per heavy atom. The van der Waals surface area contributed by atoms with E-state index in [9.17, 15) is 14.9 Å². The van der Waals surface area contributed by atoms with Gasteiger partial charge in [-0.25, -0.2) is 0 Å². The first-order valence-electron chi connectivity index (χ1n) is 9.20. The van der Waals surface area contributed by atoms with E-state index >= 15 is 0 Å². The second kappa shape index (κ2) is 9.26. The third-order valence-electron chi connectivity index (χ3n) is 4.61. The van der Waals surface area contributed by atoms with Crippen LogP contribution in [0.15, 0.2) is 35.2 Å². The molecule has 1 N–H and O–H groups in total. The van der Waals surface area contributed by atoms with Gasteiger partial charge in [-0.1, -0.05) is 25.1 Å². The van der Waals surface area contributed by atoms with E-state index in [1.54, 1.807) is 6.92 Å². The number of rotatable bonds is 6. The van der Waals surface area contributed by atoms with E-state index in [2.05, 4.69) is 18.3 Å². The van der Waals surface area contributed by atoms with Crippen molar-refractivity contribution in [2.75, 3.05) is 11.9 Å². The number of carbonyl (C=O) groups is 2. The van der Waals surface area contributed by atoms with E-state index in [1.807, 2.05) is 30.3 Å². The number of carbonyl (C=O) groups excluding carboxylic acids is 2. The van der Waals surface area contributed by atoms with Gasteiger partial charge in [0.25, 0.3) is 5.91 Å². The lowest BCUT2D eigenvalue weighted by Crippen LogP contribution is -2.24. The van der Waals surface area contributed by atoms with Crippen LogP contribution in [0.2, 0.25) is 0 Å². The van der Waals surface area contributed by atoms with Crippen molar-refractivity contribution in [2.45, 2.75) is 43.3 Å². The molecule has 2 atom stereocenters. The number of anilines is 1. The molecule has 0 spiro atoms. The lowest BCUT2D eigenvalue weighted by molar-refractivity contribution is -0.146. The number of ether oxygens (including phenoxy) is 1. The van der Waals surface area contributed by atoms with Gasteiger partial charge in [0.1, 0.15) is 16.3 Å². The number of fused-ring (bicyclic) bond motifs is 1. The van der Waals surface area contributed by atoms with Crippen molar-refractivity contribution >= 4 is 40.0 Å². The first-order chi connectivity index (χ1) is 13.5. The van der Waals surface area contributed by atoms with Crippen LogP contribution in [-0.2, 0) is 27.2 Å². The van der Waals surface area contributed by atoms with Gasteiger partial charge in [-0.05, 0) is 49.8 Å². The van der Waals surface area contributed by atoms with Gasteiger partial charge in [-0.15, -0.1) is 23.1 Å². The van der Waals surface area contributed by atoms with Crippen molar-refractivity contribution in [1.29, 1.82) is 5.26 Å². The first-order valence-corrected chi connectivity index (χ1v) is 10.9. The monoisotopic (exact) mass is 414 g/mol. The highest BCUT2D eigenvalue weighted by atomic mass is 32.2. The number of nitriles is 1. The number of thioether (sulfide) groups is 1. The summed E-state index contributed by atoms with van der Waals surface area (Å²) in [6.45, 7) is 3.59. The van der Waals surface area contributed by atoms with Crippen molar-refractivity contribution in [3.63, 3.8) is 0 Å². The highest BCUT2D eigenvalue weighted by Gasteiger charge is 2.25. The SMILES string of the molecule is C[C@H]1CCc2c(sc(NC(=O)COC(=O)[C@H](C)Sc3ccccc3)c2C#N)C1. The van der Waals surface area contributed by atoms with Gasteiger partial charge in [-0.2, -0.15) is 5.26 Å². The number of hydrogen-bond acceptors (Lipinski definition) is 6. The van der Waals surface area contributed by atoms with Crippen LogP contribution in [0.4, 0.5) is 5.00 Å². The van der Waals surface area contributed by atoms with Crippen molar-refractivity contribution < 1.29 is 14.3 Å². The van der Waals surface area contributed by atoms with Crippen LogP contribution in [0.1, 0.15) is 36.3 Å². The largest absolute Gasteiger partial charge is 0.455 e. The zero-order valence-electron chi connectivity index (χ0n) is 15.9. The predicted molar refractivity (Wildman–Crippen MR) is 112 cm³/mol. The molecule has 0 fully saturated rings. The highest BCUT2D eigenvalue weighted by molar-refractivity contribution is 8.00. The zero-order valence-corrected chi connectivity index (χ0v) is 17.5. The molecule has 1 aliphatic rings. The molecule has 0 bridgehead atoms. The number of amides is 1. The van der Waals surface area contributed by atoms with Crippen LogP contribution in [0.5, 0.6) is 0 Å². The van der Waals surface area contributed by atoms with Gasteiger partial charge in [0.2, 0.25) is 0 Å². The lowest BCUT2D eigenvalue weighted by Gasteiger charge is -2.17. The van der Waals surface area contributed by atoms with Crippen LogP contribution in [0.25, 0.3) is 0 Å². The number of nitrogens with one attached hydrogen (secondary N) is 1. The minimum absolute atomic E-state index is 0.359. The second-order valence-corrected chi connectivity index (χ2v) is 9.42. The summed E-state index contributed by atoms with van der Waals surface area (Å²) < 4.78 is 5.15. The minimum Gasteiger partial charge on any atom is -0.455 e. The van der Waals surface area contributed by atoms with Crippen molar-refractivity contribution in [3.8, 4) is 6.07 Å². The van der Waals surface area contributed by atoms with E-state index in [1.165, 1.54) is 28.0 Å². The van der Waals surface area contributed by atoms with Crippen LogP contribution in [0, 0.1) is 17.2 Å². The molecule has 28 heavy (non-hydrogen) atoms. The van der Waals surface area contributed by atoms with Gasteiger partial charge < -0.3 is 10.1 Å². The first kappa shape index (κ1) is 20.4. The Balaban J connectivity index is 1.55. The number of esters is 1. The molecule has 0 unspecified atom stereocenters. The molecule has 0 aliphatic heterocycles. The summed E-state index contributed by atoms with van der Waals surface area (Å²) in [5.41, 5.74) is 1.62. The van der Waals surface area contributed by atoms with Gasteiger partial charge in [0, 0.05) is 9.77 Å². The molecule has 1 amide bonds. The van der Waals surface area contributed by atoms with Crippen molar-refractivity contribution in [3.05, 3.63) is 46.3 Å². The molecule has 5 nitrogen and oxygen atoms in total. The maximum Gasteiger partial charge on any atom is 0.319 e. The normalized spacial score (nSPS) is 16.5. The van der Waals surface area contributed by atoms with Crippen LogP contribution in [0.3, 0.4) is 0 Å². The van der Waals surface area contributed by atoms with E-state index in [4.69, 9.17) is 4.74 Å². The summed E-state index contributed by atoms with van der Waals surface area (Å²) in [4.78, 5) is 26.5. The summed E-state index contributed by atoms with van der Waals surface area (Å²) >= 11 is 2.85. The maximum atomic E-state index is 12.2. The van der Waals surface area contributed by atoms with Crippen molar-refractivity contribution in [1.82, 2.24) is 0 Å². The quantitative estimate of drug-likeness (QED) is 0.560. The Morgan fingerprint density at radius 1 is 1.39 bits per heavy atom. The van der Waals surface area contributed by atoms with E-state index in [0.29, 0.717) is 16.5 Å². The van der Waals surface area contributed by atoms with E-state index in [0.717, 1.165) is 29.7 Å². The van der Waals surface area contributed by atoms with E-state index < -0.39 is 17.1 Å². The lowest BCUT2D eigenvalue weighted by atomic mass is 9.89. The molecule has 2 aromatic rings.